The fourth-order valence-corrected chi connectivity index (χ4v) is 2.59. The number of rotatable bonds is 3. The van der Waals surface area contributed by atoms with E-state index in [2.05, 4.69) is 22.4 Å². The van der Waals surface area contributed by atoms with Gasteiger partial charge in [0.25, 0.3) is 0 Å². The maximum atomic E-state index is 12.1. The van der Waals surface area contributed by atoms with Gasteiger partial charge in [-0.25, -0.2) is 4.79 Å². The van der Waals surface area contributed by atoms with Crippen molar-refractivity contribution in [3.63, 3.8) is 0 Å². The highest BCUT2D eigenvalue weighted by Crippen LogP contribution is 2.20. The maximum absolute atomic E-state index is 12.1. The topological polar surface area (TPSA) is 70.2 Å². The number of nitrogens with one attached hydrogen (secondary N) is 2. The number of H-pyrrole nitrogens is 1. The number of piperidine rings is 1. The van der Waals surface area contributed by atoms with Gasteiger partial charge >= 0.3 is 6.09 Å². The Morgan fingerprint density at radius 1 is 1.57 bits per heavy atom. The van der Waals surface area contributed by atoms with Gasteiger partial charge < -0.3 is 15.0 Å². The van der Waals surface area contributed by atoms with E-state index in [9.17, 15) is 4.79 Å². The number of hydrogen-bond donors (Lipinski definition) is 2. The van der Waals surface area contributed by atoms with Gasteiger partial charge in [-0.05, 0) is 40.5 Å². The summed E-state index contributed by atoms with van der Waals surface area (Å²) in [6.45, 7) is 9.31. The van der Waals surface area contributed by atoms with Gasteiger partial charge in [-0.2, -0.15) is 5.10 Å². The third-order valence-electron chi connectivity index (χ3n) is 3.65. The van der Waals surface area contributed by atoms with Gasteiger partial charge in [0.2, 0.25) is 0 Å². The predicted molar refractivity (Wildman–Crippen MR) is 80.9 cm³/mol. The quantitative estimate of drug-likeness (QED) is 0.897. The number of aromatic amines is 1. The van der Waals surface area contributed by atoms with E-state index >= 15 is 0 Å². The molecule has 118 valence electrons. The van der Waals surface area contributed by atoms with Crippen molar-refractivity contribution in [3.05, 3.63) is 18.0 Å². The summed E-state index contributed by atoms with van der Waals surface area (Å²) in [7, 11) is 0. The van der Waals surface area contributed by atoms with Crippen molar-refractivity contribution in [2.75, 3.05) is 6.54 Å². The largest absolute Gasteiger partial charge is 0.444 e. The van der Waals surface area contributed by atoms with Gasteiger partial charge in [-0.15, -0.1) is 0 Å². The molecule has 2 atom stereocenters. The number of nitrogens with zero attached hydrogens (tertiary/aromatic N) is 2. The van der Waals surface area contributed by atoms with Crippen molar-refractivity contribution < 1.29 is 9.53 Å². The Bertz CT molecular complexity index is 453. The maximum Gasteiger partial charge on any atom is 0.410 e. The van der Waals surface area contributed by atoms with Gasteiger partial charge in [-0.3, -0.25) is 5.10 Å². The molecule has 2 heterocycles. The molecule has 1 saturated heterocycles. The van der Waals surface area contributed by atoms with Crippen LogP contribution in [0.1, 0.15) is 46.1 Å². The minimum atomic E-state index is -0.437. The van der Waals surface area contributed by atoms with Gasteiger partial charge in [-0.1, -0.05) is 0 Å². The highest BCUT2D eigenvalue weighted by molar-refractivity contribution is 5.68. The average Bonchev–Trinajstić information content (AvgIpc) is 2.87. The summed E-state index contributed by atoms with van der Waals surface area (Å²) in [6.07, 6.45) is 5.40. The van der Waals surface area contributed by atoms with Crippen LogP contribution in [-0.2, 0) is 11.3 Å². The Hall–Kier alpha value is -1.56. The molecule has 1 aliphatic rings. The number of likely N-dealkylation sites (tertiary alicyclic amines) is 1. The molecule has 0 spiro atoms. The van der Waals surface area contributed by atoms with Crippen LogP contribution in [-0.4, -0.2) is 45.4 Å². The van der Waals surface area contributed by atoms with Crippen molar-refractivity contribution >= 4 is 6.09 Å². The normalized spacial score (nSPS) is 23.1. The average molecular weight is 294 g/mol. The zero-order chi connectivity index (χ0) is 15.5. The summed E-state index contributed by atoms with van der Waals surface area (Å²) < 4.78 is 5.46. The second-order valence-electron chi connectivity index (χ2n) is 6.73. The molecule has 1 aromatic rings. The monoisotopic (exact) mass is 294 g/mol. The van der Waals surface area contributed by atoms with Gasteiger partial charge in [0.1, 0.15) is 5.60 Å². The third-order valence-corrected chi connectivity index (χ3v) is 3.65. The van der Waals surface area contributed by atoms with E-state index in [-0.39, 0.29) is 12.1 Å². The lowest BCUT2D eigenvalue weighted by atomic mass is 9.98. The molecule has 6 nitrogen and oxygen atoms in total. The summed E-state index contributed by atoms with van der Waals surface area (Å²) in [5, 5.41) is 10.3. The third kappa shape index (κ3) is 4.74. The van der Waals surface area contributed by atoms with Crippen LogP contribution in [0.2, 0.25) is 0 Å². The van der Waals surface area contributed by atoms with Crippen LogP contribution in [0.5, 0.6) is 0 Å². The Morgan fingerprint density at radius 2 is 2.33 bits per heavy atom. The molecule has 6 heteroatoms. The number of hydrogen-bond acceptors (Lipinski definition) is 4. The second-order valence-corrected chi connectivity index (χ2v) is 6.73. The molecule has 1 amide bonds. The molecule has 1 aliphatic heterocycles. The van der Waals surface area contributed by atoms with Gasteiger partial charge in [0.05, 0.1) is 6.20 Å². The molecule has 1 aromatic heterocycles. The first-order chi connectivity index (χ1) is 9.85. The Labute approximate surface area is 126 Å². The minimum Gasteiger partial charge on any atom is -0.444 e. The van der Waals surface area contributed by atoms with Crippen LogP contribution in [0.4, 0.5) is 4.79 Å². The molecule has 0 bridgehead atoms. The molecule has 0 saturated carbocycles. The van der Waals surface area contributed by atoms with Crippen LogP contribution >= 0.6 is 0 Å². The van der Waals surface area contributed by atoms with E-state index in [1.807, 2.05) is 38.1 Å². The highest BCUT2D eigenvalue weighted by Gasteiger charge is 2.31. The number of aromatic nitrogens is 2. The molecule has 0 aliphatic carbocycles. The molecule has 2 N–H and O–H groups in total. The van der Waals surface area contributed by atoms with E-state index in [0.29, 0.717) is 6.04 Å². The Balaban J connectivity index is 1.80. The first-order valence-corrected chi connectivity index (χ1v) is 7.56. The lowest BCUT2D eigenvalue weighted by Gasteiger charge is -2.38. The molecule has 1 fully saturated rings. The van der Waals surface area contributed by atoms with Crippen molar-refractivity contribution in [2.24, 2.45) is 0 Å². The van der Waals surface area contributed by atoms with Crippen molar-refractivity contribution in [3.8, 4) is 0 Å². The zero-order valence-corrected chi connectivity index (χ0v) is 13.3. The van der Waals surface area contributed by atoms with Gasteiger partial charge in [0, 0.05) is 36.9 Å². The molecule has 0 radical (unpaired) electrons. The van der Waals surface area contributed by atoms with Crippen LogP contribution in [0.15, 0.2) is 12.4 Å². The standard InChI is InChI=1S/C15H26N4O2/c1-11-7-13(16-8-12-9-17-18-10-12)5-6-19(11)14(20)21-15(2,3)4/h9-11,13,16H,5-8H2,1-4H3,(H,17,18). The fourth-order valence-electron chi connectivity index (χ4n) is 2.59. The summed E-state index contributed by atoms with van der Waals surface area (Å²) in [4.78, 5) is 14.0. The first kappa shape index (κ1) is 15.8. The van der Waals surface area contributed by atoms with E-state index in [4.69, 9.17) is 4.74 Å². The summed E-state index contributed by atoms with van der Waals surface area (Å²) in [5.74, 6) is 0. The van der Waals surface area contributed by atoms with Crippen molar-refractivity contribution in [1.82, 2.24) is 20.4 Å². The number of ether oxygens (including phenoxy) is 1. The number of amides is 1. The van der Waals surface area contributed by atoms with Crippen LogP contribution in [0, 0.1) is 0 Å². The zero-order valence-electron chi connectivity index (χ0n) is 13.3. The number of carbonyl (C=O) groups excluding carboxylic acids is 1. The van der Waals surface area contributed by atoms with Crippen molar-refractivity contribution in [2.45, 2.75) is 64.8 Å². The molecule has 0 aromatic carbocycles. The Morgan fingerprint density at radius 3 is 2.90 bits per heavy atom. The molecular weight excluding hydrogens is 268 g/mol. The summed E-state index contributed by atoms with van der Waals surface area (Å²) in [6, 6.07) is 0.615. The smallest absolute Gasteiger partial charge is 0.410 e. The fraction of sp³-hybridized carbons (Fsp3) is 0.733. The molecule has 2 unspecified atom stereocenters. The minimum absolute atomic E-state index is 0.190. The van der Waals surface area contributed by atoms with Crippen LogP contribution in [0.25, 0.3) is 0 Å². The predicted octanol–water partition coefficient (Wildman–Crippen LogP) is 2.29. The van der Waals surface area contributed by atoms with E-state index in [1.165, 1.54) is 0 Å². The SMILES string of the molecule is CC1CC(NCc2cn[nH]c2)CCN1C(=O)OC(C)(C)C. The van der Waals surface area contributed by atoms with Crippen molar-refractivity contribution in [1.29, 1.82) is 0 Å². The molecule has 21 heavy (non-hydrogen) atoms. The first-order valence-electron chi connectivity index (χ1n) is 7.56. The van der Waals surface area contributed by atoms with E-state index in [0.717, 1.165) is 31.5 Å². The molecule has 2 rings (SSSR count). The van der Waals surface area contributed by atoms with E-state index in [1.54, 1.807) is 0 Å². The van der Waals surface area contributed by atoms with Crippen LogP contribution in [0.3, 0.4) is 0 Å². The lowest BCUT2D eigenvalue weighted by Crippen LogP contribution is -2.50. The highest BCUT2D eigenvalue weighted by atomic mass is 16.6. The number of carbonyl (C=O) groups is 1. The lowest BCUT2D eigenvalue weighted by molar-refractivity contribution is 0.00932. The Kier molecular flexibility index (Phi) is 4.88. The second kappa shape index (κ2) is 6.47. The summed E-state index contributed by atoms with van der Waals surface area (Å²) in [5.41, 5.74) is 0.713. The van der Waals surface area contributed by atoms with Gasteiger partial charge in [0.15, 0.2) is 0 Å². The molecular formula is C15H26N4O2. The summed E-state index contributed by atoms with van der Waals surface area (Å²) >= 11 is 0. The van der Waals surface area contributed by atoms with Crippen LogP contribution < -0.4 is 5.32 Å². The van der Waals surface area contributed by atoms with E-state index < -0.39 is 5.60 Å².